The average molecular weight is 461 g/mol. The van der Waals surface area contributed by atoms with Crippen LogP contribution >= 0.6 is 22.9 Å². The van der Waals surface area contributed by atoms with Crippen LogP contribution in [0.2, 0.25) is 4.34 Å². The summed E-state index contributed by atoms with van der Waals surface area (Å²) in [6.07, 6.45) is -2.57. The Kier molecular flexibility index (Phi) is 4.98. The van der Waals surface area contributed by atoms with Crippen molar-refractivity contribution in [1.29, 1.82) is 0 Å². The molecule has 0 aliphatic carbocycles. The fraction of sp³-hybridized carbons (Fsp3) is 0.579. The molecule has 5 rings (SSSR count). The normalized spacial score (nSPS) is 26.2. The molecule has 3 aliphatic rings. The maximum Gasteiger partial charge on any atom is 0.408 e. The Bertz CT molecular complexity index is 998. The second-order valence-electron chi connectivity index (χ2n) is 7.95. The number of nitrogens with zero attached hydrogens (tertiary/aromatic N) is 4. The maximum absolute atomic E-state index is 13.9. The minimum Gasteiger partial charge on any atom is -0.371 e. The highest BCUT2D eigenvalue weighted by Crippen LogP contribution is 2.37. The molecule has 2 unspecified atom stereocenters. The van der Waals surface area contributed by atoms with Gasteiger partial charge in [-0.2, -0.15) is 18.2 Å². The number of hydrogen-bond acceptors (Lipinski definition) is 6. The van der Waals surface area contributed by atoms with Crippen molar-refractivity contribution in [2.24, 2.45) is 0 Å². The van der Waals surface area contributed by atoms with E-state index in [1.54, 1.807) is 12.1 Å². The number of halogens is 4. The lowest BCUT2D eigenvalue weighted by atomic mass is 10.1. The minimum atomic E-state index is -4.43. The fourth-order valence-electron chi connectivity index (χ4n) is 4.55. The average Bonchev–Trinajstić information content (AvgIpc) is 3.25. The Morgan fingerprint density at radius 2 is 1.93 bits per heavy atom. The van der Waals surface area contributed by atoms with E-state index in [4.69, 9.17) is 16.3 Å². The highest BCUT2D eigenvalue weighted by Gasteiger charge is 2.47. The number of rotatable bonds is 3. The van der Waals surface area contributed by atoms with Gasteiger partial charge in [0.25, 0.3) is 5.56 Å². The maximum atomic E-state index is 13.9. The lowest BCUT2D eigenvalue weighted by Gasteiger charge is -2.40. The Morgan fingerprint density at radius 3 is 2.57 bits per heavy atom. The summed E-state index contributed by atoms with van der Waals surface area (Å²) in [4.78, 5) is 21.2. The third kappa shape index (κ3) is 3.69. The monoisotopic (exact) mass is 460 g/mol. The Morgan fingerprint density at radius 1 is 1.20 bits per heavy atom. The van der Waals surface area contributed by atoms with E-state index in [2.05, 4.69) is 4.98 Å². The number of aromatic nitrogens is 2. The van der Waals surface area contributed by atoms with Gasteiger partial charge < -0.3 is 14.5 Å². The van der Waals surface area contributed by atoms with Crippen LogP contribution in [-0.4, -0.2) is 47.1 Å². The molecule has 3 atom stereocenters. The second-order valence-corrected chi connectivity index (χ2v) is 9.75. The molecule has 30 heavy (non-hydrogen) atoms. The molecule has 0 amide bonds. The molecule has 0 N–H and O–H groups in total. The first-order valence-electron chi connectivity index (χ1n) is 9.88. The molecular formula is C19H20ClF3N4O2S. The zero-order valence-electron chi connectivity index (χ0n) is 15.9. The number of fused-ring (bicyclic) bond motifs is 3. The van der Waals surface area contributed by atoms with E-state index < -0.39 is 12.2 Å². The van der Waals surface area contributed by atoms with Gasteiger partial charge in [-0.3, -0.25) is 9.36 Å². The topological polar surface area (TPSA) is 50.6 Å². The van der Waals surface area contributed by atoms with Crippen molar-refractivity contribution in [2.45, 2.75) is 56.8 Å². The standard InChI is InChI=1S/C19H20ClF3N4O2S/c20-15-4-3-13(30-15)10-27-14(19(21,22)23)5-6-26-17(28)7-16(24-18(26)27)25-8-11-1-2-12(9-25)29-11/h3-4,7,11-12,14H,1-2,5-6,8-10H2/t11?,12?,14-/m0/s1. The summed E-state index contributed by atoms with van der Waals surface area (Å²) in [6.45, 7) is 1.17. The van der Waals surface area contributed by atoms with Gasteiger partial charge in [-0.15, -0.1) is 11.3 Å². The Hall–Kier alpha value is -1.78. The van der Waals surface area contributed by atoms with E-state index in [-0.39, 0.29) is 43.2 Å². The number of thiophene rings is 1. The van der Waals surface area contributed by atoms with Crippen molar-refractivity contribution in [2.75, 3.05) is 22.9 Å². The van der Waals surface area contributed by atoms with Crippen molar-refractivity contribution in [3.05, 3.63) is 37.8 Å². The minimum absolute atomic E-state index is 0.00812. The van der Waals surface area contributed by atoms with E-state index in [0.717, 1.165) is 12.8 Å². The summed E-state index contributed by atoms with van der Waals surface area (Å²) in [5.41, 5.74) is -0.330. The van der Waals surface area contributed by atoms with Crippen LogP contribution in [-0.2, 0) is 17.8 Å². The molecule has 2 aromatic heterocycles. The fourth-order valence-corrected chi connectivity index (χ4v) is 5.63. The summed E-state index contributed by atoms with van der Waals surface area (Å²) < 4.78 is 49.2. The number of anilines is 2. The molecule has 11 heteroatoms. The molecule has 6 nitrogen and oxygen atoms in total. The van der Waals surface area contributed by atoms with E-state index >= 15 is 0 Å². The van der Waals surface area contributed by atoms with E-state index in [9.17, 15) is 18.0 Å². The van der Waals surface area contributed by atoms with Crippen LogP contribution in [0.4, 0.5) is 24.9 Å². The molecule has 2 saturated heterocycles. The van der Waals surface area contributed by atoms with Gasteiger partial charge in [0.05, 0.1) is 23.1 Å². The first kappa shape index (κ1) is 20.1. The van der Waals surface area contributed by atoms with Gasteiger partial charge in [-0.05, 0) is 31.4 Å². The summed E-state index contributed by atoms with van der Waals surface area (Å²) >= 11 is 7.21. The van der Waals surface area contributed by atoms with Gasteiger partial charge in [-0.1, -0.05) is 11.6 Å². The molecule has 2 aromatic rings. The number of hydrogen-bond donors (Lipinski definition) is 0. The lowest BCUT2D eigenvalue weighted by molar-refractivity contribution is -0.153. The highest BCUT2D eigenvalue weighted by molar-refractivity contribution is 7.16. The molecule has 0 radical (unpaired) electrons. The molecule has 0 saturated carbocycles. The first-order chi connectivity index (χ1) is 14.3. The molecule has 5 heterocycles. The van der Waals surface area contributed by atoms with Crippen molar-refractivity contribution >= 4 is 34.7 Å². The van der Waals surface area contributed by atoms with E-state index in [0.29, 0.717) is 28.1 Å². The highest BCUT2D eigenvalue weighted by atomic mass is 35.5. The SMILES string of the molecule is O=c1cc(N2CC3CCC(C2)O3)nc2n1CC[C@@H](C(F)(F)F)N2Cc1ccc(Cl)s1. The predicted octanol–water partition coefficient (Wildman–Crippen LogP) is 3.67. The van der Waals surface area contributed by atoms with Crippen molar-refractivity contribution < 1.29 is 17.9 Å². The van der Waals surface area contributed by atoms with Gasteiger partial charge in [-0.25, -0.2) is 0 Å². The molecule has 2 fully saturated rings. The number of ether oxygens (including phenoxy) is 1. The summed E-state index contributed by atoms with van der Waals surface area (Å²) in [5, 5.41) is 0. The zero-order chi connectivity index (χ0) is 21.0. The quantitative estimate of drug-likeness (QED) is 0.699. The Balaban J connectivity index is 1.55. The summed E-state index contributed by atoms with van der Waals surface area (Å²) in [7, 11) is 0. The summed E-state index contributed by atoms with van der Waals surface area (Å²) in [5.74, 6) is 0.484. The van der Waals surface area contributed by atoms with Crippen molar-refractivity contribution in [3.8, 4) is 0 Å². The molecular weight excluding hydrogens is 441 g/mol. The van der Waals surface area contributed by atoms with E-state index in [1.807, 2.05) is 4.90 Å². The third-order valence-corrected chi connectivity index (χ3v) is 7.15. The van der Waals surface area contributed by atoms with Crippen molar-refractivity contribution in [3.63, 3.8) is 0 Å². The molecule has 2 bridgehead atoms. The lowest BCUT2D eigenvalue weighted by Crippen LogP contribution is -2.52. The smallest absolute Gasteiger partial charge is 0.371 e. The number of morpholine rings is 1. The molecule has 3 aliphatic heterocycles. The van der Waals surface area contributed by atoms with Crippen LogP contribution in [0, 0.1) is 0 Å². The Labute approximate surface area is 179 Å². The van der Waals surface area contributed by atoms with Gasteiger partial charge in [0, 0.05) is 30.6 Å². The van der Waals surface area contributed by atoms with Crippen molar-refractivity contribution in [1.82, 2.24) is 9.55 Å². The van der Waals surface area contributed by atoms with Gasteiger partial charge >= 0.3 is 6.18 Å². The molecule has 162 valence electrons. The predicted molar refractivity (Wildman–Crippen MR) is 109 cm³/mol. The second kappa shape index (κ2) is 7.42. The van der Waals surface area contributed by atoms with Crippen LogP contribution in [0.1, 0.15) is 24.1 Å². The van der Waals surface area contributed by atoms with Gasteiger partial charge in [0.2, 0.25) is 5.95 Å². The van der Waals surface area contributed by atoms with Gasteiger partial charge in [0.15, 0.2) is 0 Å². The first-order valence-corrected chi connectivity index (χ1v) is 11.1. The summed E-state index contributed by atoms with van der Waals surface area (Å²) in [6, 6.07) is 3.10. The van der Waals surface area contributed by atoms with Crippen LogP contribution in [0.25, 0.3) is 0 Å². The largest absolute Gasteiger partial charge is 0.408 e. The van der Waals surface area contributed by atoms with Crippen LogP contribution in [0.5, 0.6) is 0 Å². The molecule has 0 aromatic carbocycles. The molecule has 0 spiro atoms. The third-order valence-electron chi connectivity index (χ3n) is 5.93. The van der Waals surface area contributed by atoms with Crippen LogP contribution in [0.15, 0.2) is 23.0 Å². The zero-order valence-corrected chi connectivity index (χ0v) is 17.5. The van der Waals surface area contributed by atoms with E-state index in [1.165, 1.54) is 26.9 Å². The van der Waals surface area contributed by atoms with Crippen LogP contribution < -0.4 is 15.4 Å². The number of alkyl halides is 3. The van der Waals surface area contributed by atoms with Gasteiger partial charge in [0.1, 0.15) is 11.9 Å². The van der Waals surface area contributed by atoms with Crippen LogP contribution in [0.3, 0.4) is 0 Å².